The zero-order chi connectivity index (χ0) is 8.27. The van der Waals surface area contributed by atoms with Crippen LogP contribution in [0.3, 0.4) is 0 Å². The molecular weight excluding hydrogens is 156 g/mol. The summed E-state index contributed by atoms with van der Waals surface area (Å²) in [4.78, 5) is 10.9. The summed E-state index contributed by atoms with van der Waals surface area (Å²) in [5, 5.41) is -0.267. The lowest BCUT2D eigenvalue weighted by molar-refractivity contribution is -0.116. The van der Waals surface area contributed by atoms with Gasteiger partial charge < -0.3 is 0 Å². The molecule has 0 aliphatic carbocycles. The van der Waals surface area contributed by atoms with E-state index < -0.39 is 0 Å². The molecule has 1 aromatic carbocycles. The summed E-state index contributed by atoms with van der Waals surface area (Å²) >= 11 is 4.16. The summed E-state index contributed by atoms with van der Waals surface area (Å²) in [5.41, 5.74) is 0.961. The van der Waals surface area contributed by atoms with Crippen LogP contribution in [0.5, 0.6) is 0 Å². The summed E-state index contributed by atoms with van der Waals surface area (Å²) in [6.07, 6.45) is 0. The zero-order valence-electron chi connectivity index (χ0n) is 6.32. The van der Waals surface area contributed by atoms with Crippen LogP contribution in [-0.2, 0) is 4.79 Å². The molecule has 11 heavy (non-hydrogen) atoms. The number of carbonyl (C=O) groups is 1. The SMILES string of the molecule is CC(=O)C(S)c1ccccc1. The molecule has 0 saturated carbocycles. The Morgan fingerprint density at radius 3 is 2.36 bits per heavy atom. The van der Waals surface area contributed by atoms with Gasteiger partial charge in [-0.05, 0) is 12.5 Å². The van der Waals surface area contributed by atoms with E-state index in [0.717, 1.165) is 5.56 Å². The van der Waals surface area contributed by atoms with Crippen LogP contribution in [0.4, 0.5) is 0 Å². The molecule has 0 aliphatic heterocycles. The third-order valence-corrected chi connectivity index (χ3v) is 2.16. The first-order valence-corrected chi connectivity index (χ1v) is 3.97. The van der Waals surface area contributed by atoms with E-state index in [1.807, 2.05) is 30.3 Å². The molecule has 58 valence electrons. The first-order chi connectivity index (χ1) is 5.22. The highest BCUT2D eigenvalue weighted by Crippen LogP contribution is 2.19. The van der Waals surface area contributed by atoms with Gasteiger partial charge in [-0.2, -0.15) is 12.6 Å². The second kappa shape index (κ2) is 3.58. The molecule has 2 heteroatoms. The van der Waals surface area contributed by atoms with Crippen molar-refractivity contribution in [3.8, 4) is 0 Å². The first kappa shape index (κ1) is 8.34. The lowest BCUT2D eigenvalue weighted by Gasteiger charge is -2.05. The van der Waals surface area contributed by atoms with Gasteiger partial charge >= 0.3 is 0 Å². The molecule has 1 unspecified atom stereocenters. The van der Waals surface area contributed by atoms with Crippen LogP contribution in [0.25, 0.3) is 0 Å². The van der Waals surface area contributed by atoms with E-state index in [1.54, 1.807) is 6.92 Å². The maximum Gasteiger partial charge on any atom is 0.146 e. The summed E-state index contributed by atoms with van der Waals surface area (Å²) < 4.78 is 0. The molecule has 0 amide bonds. The molecule has 0 fully saturated rings. The van der Waals surface area contributed by atoms with Crippen molar-refractivity contribution in [3.05, 3.63) is 35.9 Å². The van der Waals surface area contributed by atoms with Crippen LogP contribution in [0.2, 0.25) is 0 Å². The Morgan fingerprint density at radius 1 is 1.36 bits per heavy atom. The van der Waals surface area contributed by atoms with Crippen molar-refractivity contribution in [2.45, 2.75) is 12.2 Å². The minimum absolute atomic E-state index is 0.0829. The Balaban J connectivity index is 2.85. The van der Waals surface area contributed by atoms with Crippen molar-refractivity contribution >= 4 is 18.4 Å². The summed E-state index contributed by atoms with van der Waals surface area (Å²) in [6.45, 7) is 1.55. The normalized spacial score (nSPS) is 12.5. The number of rotatable bonds is 2. The van der Waals surface area contributed by atoms with Crippen molar-refractivity contribution < 1.29 is 4.79 Å². The first-order valence-electron chi connectivity index (χ1n) is 3.45. The van der Waals surface area contributed by atoms with Gasteiger partial charge in [0, 0.05) is 0 Å². The predicted molar refractivity (Wildman–Crippen MR) is 48.9 cm³/mol. The molecule has 0 aliphatic rings. The Labute approximate surface area is 71.8 Å². The maximum atomic E-state index is 10.9. The van der Waals surface area contributed by atoms with Gasteiger partial charge in [-0.3, -0.25) is 4.79 Å². The second-order valence-electron chi connectivity index (χ2n) is 2.42. The van der Waals surface area contributed by atoms with Gasteiger partial charge in [0.15, 0.2) is 0 Å². The molecule has 0 radical (unpaired) electrons. The molecule has 1 nitrogen and oxygen atoms in total. The largest absolute Gasteiger partial charge is 0.298 e. The van der Waals surface area contributed by atoms with E-state index in [9.17, 15) is 4.79 Å². The Bertz CT molecular complexity index is 243. The predicted octanol–water partition coefficient (Wildman–Crippen LogP) is 2.25. The van der Waals surface area contributed by atoms with Crippen molar-refractivity contribution in [2.75, 3.05) is 0 Å². The Kier molecular flexibility index (Phi) is 2.71. The molecule has 0 saturated heterocycles. The van der Waals surface area contributed by atoms with Gasteiger partial charge in [0.1, 0.15) is 5.78 Å². The quantitative estimate of drug-likeness (QED) is 0.667. The number of benzene rings is 1. The number of thiol groups is 1. The third-order valence-electron chi connectivity index (χ3n) is 1.50. The van der Waals surface area contributed by atoms with Crippen LogP contribution in [-0.4, -0.2) is 5.78 Å². The van der Waals surface area contributed by atoms with Gasteiger partial charge in [0.05, 0.1) is 5.25 Å². The standard InChI is InChI=1S/C9H10OS/c1-7(10)9(11)8-5-3-2-4-6-8/h2-6,9,11H,1H3. The van der Waals surface area contributed by atoms with Crippen LogP contribution >= 0.6 is 12.6 Å². The van der Waals surface area contributed by atoms with E-state index in [1.165, 1.54) is 0 Å². The summed E-state index contributed by atoms with van der Waals surface area (Å²) in [6, 6.07) is 9.53. The van der Waals surface area contributed by atoms with Crippen molar-refractivity contribution in [2.24, 2.45) is 0 Å². The lowest BCUT2D eigenvalue weighted by Crippen LogP contribution is -2.00. The summed E-state index contributed by atoms with van der Waals surface area (Å²) in [5.74, 6) is 0.0829. The number of ketones is 1. The minimum atomic E-state index is -0.267. The molecule has 1 rings (SSSR count). The molecule has 0 aromatic heterocycles. The fourth-order valence-electron chi connectivity index (χ4n) is 0.870. The van der Waals surface area contributed by atoms with Crippen LogP contribution in [0.15, 0.2) is 30.3 Å². The third kappa shape index (κ3) is 2.09. The fourth-order valence-corrected chi connectivity index (χ4v) is 1.04. The van der Waals surface area contributed by atoms with E-state index in [4.69, 9.17) is 0 Å². The van der Waals surface area contributed by atoms with E-state index in [-0.39, 0.29) is 11.0 Å². The number of hydrogen-bond acceptors (Lipinski definition) is 2. The van der Waals surface area contributed by atoms with Crippen molar-refractivity contribution in [1.29, 1.82) is 0 Å². The molecule has 1 aromatic rings. The second-order valence-corrected chi connectivity index (χ2v) is 2.94. The molecule has 1 atom stereocenters. The van der Waals surface area contributed by atoms with E-state index >= 15 is 0 Å². The molecule has 0 heterocycles. The Morgan fingerprint density at radius 2 is 1.91 bits per heavy atom. The van der Waals surface area contributed by atoms with Gasteiger partial charge in [0.25, 0.3) is 0 Å². The maximum absolute atomic E-state index is 10.9. The summed E-state index contributed by atoms with van der Waals surface area (Å²) in [7, 11) is 0. The van der Waals surface area contributed by atoms with Crippen molar-refractivity contribution in [3.63, 3.8) is 0 Å². The highest BCUT2D eigenvalue weighted by Gasteiger charge is 2.09. The zero-order valence-corrected chi connectivity index (χ0v) is 7.21. The molecule has 0 spiro atoms. The number of hydrogen-bond donors (Lipinski definition) is 1. The topological polar surface area (TPSA) is 17.1 Å². The number of Topliss-reactive ketones (excluding diaryl/α,β-unsaturated/α-hetero) is 1. The average molecular weight is 166 g/mol. The van der Waals surface area contributed by atoms with Crippen LogP contribution < -0.4 is 0 Å². The van der Waals surface area contributed by atoms with Gasteiger partial charge in [0.2, 0.25) is 0 Å². The van der Waals surface area contributed by atoms with Crippen LogP contribution in [0, 0.1) is 0 Å². The highest BCUT2D eigenvalue weighted by atomic mass is 32.1. The average Bonchev–Trinajstić information content (AvgIpc) is 2.05. The monoisotopic (exact) mass is 166 g/mol. The van der Waals surface area contributed by atoms with E-state index in [2.05, 4.69) is 12.6 Å². The van der Waals surface area contributed by atoms with E-state index in [0.29, 0.717) is 0 Å². The Hall–Kier alpha value is -0.760. The van der Waals surface area contributed by atoms with Gasteiger partial charge in [-0.25, -0.2) is 0 Å². The smallest absolute Gasteiger partial charge is 0.146 e. The lowest BCUT2D eigenvalue weighted by atomic mass is 10.1. The minimum Gasteiger partial charge on any atom is -0.298 e. The van der Waals surface area contributed by atoms with Gasteiger partial charge in [-0.1, -0.05) is 30.3 Å². The van der Waals surface area contributed by atoms with Crippen molar-refractivity contribution in [1.82, 2.24) is 0 Å². The molecule has 0 N–H and O–H groups in total. The highest BCUT2D eigenvalue weighted by molar-refractivity contribution is 7.81. The van der Waals surface area contributed by atoms with Crippen LogP contribution in [0.1, 0.15) is 17.7 Å². The fraction of sp³-hybridized carbons (Fsp3) is 0.222. The molecule has 0 bridgehead atoms. The molecular formula is C9H10OS. The van der Waals surface area contributed by atoms with Gasteiger partial charge in [-0.15, -0.1) is 0 Å². The number of carbonyl (C=O) groups excluding carboxylic acids is 1.